The smallest absolute Gasteiger partial charge is 0.306 e. The first-order valence-electron chi connectivity index (χ1n) is 29.4. The Bertz CT molecular complexity index is 986. The molecule has 0 radical (unpaired) electrons. The van der Waals surface area contributed by atoms with E-state index in [4.69, 9.17) is 4.74 Å². The van der Waals surface area contributed by atoms with Crippen molar-refractivity contribution >= 4 is 11.9 Å². The summed E-state index contributed by atoms with van der Waals surface area (Å²) in [6.45, 7) is 6.50. The van der Waals surface area contributed by atoms with Crippen LogP contribution in [-0.2, 0) is 14.3 Å². The number of unbranched alkanes of at least 4 members (excludes halogenated alkanes) is 40. The summed E-state index contributed by atoms with van der Waals surface area (Å²) in [5, 5.41) is 23.9. The molecule has 0 heterocycles. The minimum atomic E-state index is -0.786. The molecule has 0 bridgehead atoms. The van der Waals surface area contributed by atoms with Gasteiger partial charge in [0.2, 0.25) is 5.91 Å². The number of carbonyl (C=O) groups excluding carboxylic acids is 2. The maximum atomic E-state index is 13.2. The second kappa shape index (κ2) is 53.6. The van der Waals surface area contributed by atoms with Crippen LogP contribution in [0, 0.1) is 0 Å². The molecule has 0 aromatic carbocycles. The first-order chi connectivity index (χ1) is 32.0. The molecule has 386 valence electrons. The van der Waals surface area contributed by atoms with Gasteiger partial charge in [-0.1, -0.05) is 277 Å². The summed E-state index contributed by atoms with van der Waals surface area (Å²) in [5.74, 6) is -0.468. The predicted octanol–water partition coefficient (Wildman–Crippen LogP) is 18.1. The van der Waals surface area contributed by atoms with Crippen molar-refractivity contribution in [3.8, 4) is 0 Å². The van der Waals surface area contributed by atoms with Gasteiger partial charge >= 0.3 is 5.97 Å². The van der Waals surface area contributed by atoms with Gasteiger partial charge in [0.1, 0.15) is 6.10 Å². The number of esters is 1. The van der Waals surface area contributed by atoms with Crippen molar-refractivity contribution in [2.24, 2.45) is 0 Å². The SMILES string of the molecule is CCCCC/C=C\CCCCCC(CC(=O)NC(CO)C(O)CCCCCCCCCCCCCCCCCCC)OC(=O)CCCCCCCCCCCCCCCCCCCCC. The normalized spacial score (nSPS) is 13.1. The molecule has 6 heteroatoms. The minimum Gasteiger partial charge on any atom is -0.462 e. The molecule has 0 fully saturated rings. The van der Waals surface area contributed by atoms with Crippen molar-refractivity contribution in [2.75, 3.05) is 6.61 Å². The molecule has 0 aromatic heterocycles. The summed E-state index contributed by atoms with van der Waals surface area (Å²) in [6.07, 6.45) is 61.5. The standard InChI is InChI=1S/C59H115NO5/c1-4-7-10-13-16-19-22-24-26-28-29-31-33-35-37-40-43-46-49-52-59(64)65-55(50-47-44-41-38-21-18-15-12-9-6-3)53-58(63)60-56(54-61)57(62)51-48-45-42-39-36-34-32-30-27-25-23-20-17-14-11-8-5-2/h18,21,55-57,61-62H,4-17,19-20,22-54H2,1-3H3,(H,60,63)/b21-18-. The Labute approximate surface area is 406 Å². The number of aliphatic hydroxyl groups excluding tert-OH is 2. The molecule has 0 spiro atoms. The summed E-state index contributed by atoms with van der Waals surface area (Å²) in [5.41, 5.74) is 0. The molecule has 3 N–H and O–H groups in total. The molecule has 0 aliphatic heterocycles. The number of ether oxygens (including phenoxy) is 1. The molecule has 0 aliphatic rings. The van der Waals surface area contributed by atoms with Crippen molar-refractivity contribution in [3.05, 3.63) is 12.2 Å². The molecule has 3 atom stereocenters. The van der Waals surface area contributed by atoms with E-state index < -0.39 is 18.2 Å². The van der Waals surface area contributed by atoms with Gasteiger partial charge in [0.15, 0.2) is 0 Å². The molecule has 0 aromatic rings. The summed E-state index contributed by atoms with van der Waals surface area (Å²) in [6, 6.07) is -0.700. The zero-order valence-electron chi connectivity index (χ0n) is 44.2. The van der Waals surface area contributed by atoms with Gasteiger partial charge in [-0.15, -0.1) is 0 Å². The molecule has 0 aliphatic carbocycles. The fourth-order valence-corrected chi connectivity index (χ4v) is 9.37. The summed E-state index contributed by atoms with van der Waals surface area (Å²) in [4.78, 5) is 26.2. The van der Waals surface area contributed by atoms with Gasteiger partial charge in [-0.05, 0) is 51.4 Å². The van der Waals surface area contributed by atoms with E-state index in [0.717, 1.165) is 64.2 Å². The third-order valence-electron chi connectivity index (χ3n) is 13.8. The van der Waals surface area contributed by atoms with E-state index in [9.17, 15) is 19.8 Å². The second-order valence-corrected chi connectivity index (χ2v) is 20.4. The van der Waals surface area contributed by atoms with Crippen molar-refractivity contribution in [3.63, 3.8) is 0 Å². The zero-order chi connectivity index (χ0) is 47.4. The minimum absolute atomic E-state index is 0.0740. The Kier molecular flexibility index (Phi) is 52.4. The lowest BCUT2D eigenvalue weighted by atomic mass is 10.0. The topological polar surface area (TPSA) is 95.9 Å². The molecule has 0 saturated carbocycles. The van der Waals surface area contributed by atoms with E-state index in [1.54, 1.807) is 0 Å². The molecular weight excluding hydrogens is 803 g/mol. The van der Waals surface area contributed by atoms with Crippen LogP contribution in [0.4, 0.5) is 0 Å². The predicted molar refractivity (Wildman–Crippen MR) is 283 cm³/mol. The van der Waals surface area contributed by atoms with Gasteiger partial charge in [0.25, 0.3) is 0 Å². The number of rotatable bonds is 54. The van der Waals surface area contributed by atoms with Crippen LogP contribution >= 0.6 is 0 Å². The van der Waals surface area contributed by atoms with E-state index in [2.05, 4.69) is 38.2 Å². The van der Waals surface area contributed by atoms with Crippen molar-refractivity contribution in [2.45, 2.75) is 347 Å². The number of aliphatic hydroxyl groups is 2. The highest BCUT2D eigenvalue weighted by Crippen LogP contribution is 2.19. The summed E-state index contributed by atoms with van der Waals surface area (Å²) >= 11 is 0. The third-order valence-corrected chi connectivity index (χ3v) is 13.8. The van der Waals surface area contributed by atoms with Crippen LogP contribution in [0.25, 0.3) is 0 Å². The van der Waals surface area contributed by atoms with E-state index >= 15 is 0 Å². The monoisotopic (exact) mass is 918 g/mol. The van der Waals surface area contributed by atoms with Crippen LogP contribution in [0.1, 0.15) is 329 Å². The van der Waals surface area contributed by atoms with E-state index in [1.807, 2.05) is 0 Å². The van der Waals surface area contributed by atoms with Crippen LogP contribution in [0.3, 0.4) is 0 Å². The highest BCUT2D eigenvalue weighted by atomic mass is 16.5. The van der Waals surface area contributed by atoms with Gasteiger partial charge < -0.3 is 20.3 Å². The van der Waals surface area contributed by atoms with Gasteiger partial charge in [-0.2, -0.15) is 0 Å². The Hall–Kier alpha value is -1.40. The quantitative estimate of drug-likeness (QED) is 0.0321. The average Bonchev–Trinajstić information content (AvgIpc) is 3.30. The number of amides is 1. The molecular formula is C59H115NO5. The maximum absolute atomic E-state index is 13.2. The third kappa shape index (κ3) is 48.9. The van der Waals surface area contributed by atoms with Crippen molar-refractivity contribution in [1.29, 1.82) is 0 Å². The molecule has 65 heavy (non-hydrogen) atoms. The van der Waals surface area contributed by atoms with Crippen molar-refractivity contribution in [1.82, 2.24) is 5.32 Å². The van der Waals surface area contributed by atoms with Gasteiger partial charge in [-0.25, -0.2) is 0 Å². The number of hydrogen-bond donors (Lipinski definition) is 3. The highest BCUT2D eigenvalue weighted by Gasteiger charge is 2.24. The number of carbonyl (C=O) groups is 2. The first-order valence-corrected chi connectivity index (χ1v) is 29.4. The van der Waals surface area contributed by atoms with Crippen LogP contribution < -0.4 is 5.32 Å². The van der Waals surface area contributed by atoms with Gasteiger partial charge in [-0.3, -0.25) is 9.59 Å². The average molecular weight is 919 g/mol. The Morgan fingerprint density at radius 2 is 0.738 bits per heavy atom. The number of allylic oxidation sites excluding steroid dienone is 2. The lowest BCUT2D eigenvalue weighted by Crippen LogP contribution is -2.46. The van der Waals surface area contributed by atoms with Gasteiger partial charge in [0.05, 0.1) is 25.2 Å². The van der Waals surface area contributed by atoms with Crippen LogP contribution in [0.15, 0.2) is 12.2 Å². The molecule has 0 saturated heterocycles. The fraction of sp³-hybridized carbons (Fsp3) is 0.932. The Balaban J connectivity index is 4.36. The maximum Gasteiger partial charge on any atom is 0.306 e. The first kappa shape index (κ1) is 63.6. The van der Waals surface area contributed by atoms with Gasteiger partial charge in [0, 0.05) is 6.42 Å². The molecule has 1 amide bonds. The second-order valence-electron chi connectivity index (χ2n) is 20.4. The Morgan fingerprint density at radius 1 is 0.431 bits per heavy atom. The largest absolute Gasteiger partial charge is 0.462 e. The lowest BCUT2D eigenvalue weighted by molar-refractivity contribution is -0.151. The zero-order valence-corrected chi connectivity index (χ0v) is 44.2. The highest BCUT2D eigenvalue weighted by molar-refractivity contribution is 5.77. The summed E-state index contributed by atoms with van der Waals surface area (Å²) in [7, 11) is 0. The number of nitrogens with one attached hydrogen (secondary N) is 1. The lowest BCUT2D eigenvalue weighted by Gasteiger charge is -2.24. The van der Waals surface area contributed by atoms with Crippen molar-refractivity contribution < 1.29 is 24.5 Å². The molecule has 3 unspecified atom stereocenters. The summed E-state index contributed by atoms with van der Waals surface area (Å²) < 4.78 is 5.94. The van der Waals surface area contributed by atoms with E-state index in [1.165, 1.54) is 218 Å². The molecule has 6 nitrogen and oxygen atoms in total. The fourth-order valence-electron chi connectivity index (χ4n) is 9.37. The van der Waals surface area contributed by atoms with Crippen LogP contribution in [0.2, 0.25) is 0 Å². The van der Waals surface area contributed by atoms with E-state index in [-0.39, 0.29) is 24.9 Å². The molecule has 0 rings (SSSR count). The van der Waals surface area contributed by atoms with Crippen LogP contribution in [0.5, 0.6) is 0 Å². The number of hydrogen-bond acceptors (Lipinski definition) is 5. The van der Waals surface area contributed by atoms with E-state index in [0.29, 0.717) is 19.3 Å². The Morgan fingerprint density at radius 3 is 1.12 bits per heavy atom. The van der Waals surface area contributed by atoms with Crippen LogP contribution in [-0.4, -0.2) is 46.9 Å².